The summed E-state index contributed by atoms with van der Waals surface area (Å²) in [7, 11) is 3.09. The van der Waals surface area contributed by atoms with Gasteiger partial charge in [0.05, 0.1) is 20.1 Å². The number of hydrogen-bond donors (Lipinski definition) is 0. The molecule has 0 aromatic heterocycles. The first-order chi connectivity index (χ1) is 14.3. The number of nitrogens with zero attached hydrogens (tertiary/aromatic N) is 3. The van der Waals surface area contributed by atoms with Gasteiger partial charge in [-0.05, 0) is 38.5 Å². The van der Waals surface area contributed by atoms with Crippen LogP contribution in [0.15, 0.2) is 18.2 Å². The minimum absolute atomic E-state index is 0.0203. The van der Waals surface area contributed by atoms with Crippen LogP contribution in [0.4, 0.5) is 0 Å². The molecule has 2 aliphatic rings. The number of rotatable bonds is 5. The van der Waals surface area contributed by atoms with Crippen molar-refractivity contribution in [1.82, 2.24) is 14.7 Å². The van der Waals surface area contributed by atoms with Crippen molar-refractivity contribution in [1.29, 1.82) is 0 Å². The average molecular weight is 418 g/mol. The Morgan fingerprint density at radius 3 is 2.30 bits per heavy atom. The van der Waals surface area contributed by atoms with Crippen molar-refractivity contribution in [2.45, 2.75) is 32.7 Å². The number of ether oxygens (including phenoxy) is 2. The number of carbonyl (C=O) groups is 3. The number of benzene rings is 1. The molecular weight excluding hydrogens is 386 g/mol. The first kappa shape index (κ1) is 21.9. The molecule has 1 unspecified atom stereocenters. The zero-order chi connectivity index (χ0) is 21.8. The highest BCUT2D eigenvalue weighted by atomic mass is 16.5. The monoisotopic (exact) mass is 417 g/mol. The zero-order valence-electron chi connectivity index (χ0n) is 18.2. The highest BCUT2D eigenvalue weighted by Gasteiger charge is 2.38. The topological polar surface area (TPSA) is 79.4 Å². The van der Waals surface area contributed by atoms with Crippen LogP contribution in [-0.2, 0) is 9.59 Å². The van der Waals surface area contributed by atoms with Gasteiger partial charge >= 0.3 is 0 Å². The molecule has 0 spiro atoms. The minimum Gasteiger partial charge on any atom is -0.493 e. The number of likely N-dealkylation sites (tertiary alicyclic amines) is 1. The molecule has 0 saturated carbocycles. The molecule has 1 aromatic carbocycles. The molecular formula is C22H31N3O5. The molecule has 0 aliphatic carbocycles. The SMILES string of the molecule is COc1ccc(C(=O)N2CCCN(C(=O)C3CC(=O)N(C(C)C)C3)CC2)cc1OC. The van der Waals surface area contributed by atoms with Crippen LogP contribution in [0.3, 0.4) is 0 Å². The van der Waals surface area contributed by atoms with Gasteiger partial charge < -0.3 is 24.2 Å². The zero-order valence-corrected chi connectivity index (χ0v) is 18.2. The first-order valence-electron chi connectivity index (χ1n) is 10.4. The van der Waals surface area contributed by atoms with E-state index in [1.165, 1.54) is 7.11 Å². The molecule has 1 aromatic rings. The fourth-order valence-electron chi connectivity index (χ4n) is 4.15. The van der Waals surface area contributed by atoms with E-state index >= 15 is 0 Å². The Balaban J connectivity index is 1.63. The lowest BCUT2D eigenvalue weighted by Gasteiger charge is -2.25. The van der Waals surface area contributed by atoms with E-state index in [2.05, 4.69) is 0 Å². The van der Waals surface area contributed by atoms with Gasteiger partial charge in [0.2, 0.25) is 11.8 Å². The Morgan fingerprint density at radius 2 is 1.67 bits per heavy atom. The summed E-state index contributed by atoms with van der Waals surface area (Å²) in [4.78, 5) is 43.5. The van der Waals surface area contributed by atoms with Crippen LogP contribution in [0.25, 0.3) is 0 Å². The molecule has 2 aliphatic heterocycles. The van der Waals surface area contributed by atoms with E-state index in [1.54, 1.807) is 35.1 Å². The summed E-state index contributed by atoms with van der Waals surface area (Å²) < 4.78 is 10.5. The van der Waals surface area contributed by atoms with Crippen LogP contribution in [0.2, 0.25) is 0 Å². The summed E-state index contributed by atoms with van der Waals surface area (Å²) in [6.45, 7) is 6.54. The van der Waals surface area contributed by atoms with Gasteiger partial charge in [-0.1, -0.05) is 0 Å². The lowest BCUT2D eigenvalue weighted by atomic mass is 10.1. The van der Waals surface area contributed by atoms with Crippen molar-refractivity contribution in [3.05, 3.63) is 23.8 Å². The number of amides is 3. The summed E-state index contributed by atoms with van der Waals surface area (Å²) >= 11 is 0. The van der Waals surface area contributed by atoms with Crippen molar-refractivity contribution < 1.29 is 23.9 Å². The van der Waals surface area contributed by atoms with E-state index in [0.717, 1.165) is 0 Å². The van der Waals surface area contributed by atoms with Gasteiger partial charge in [0, 0.05) is 50.7 Å². The molecule has 3 amide bonds. The predicted octanol–water partition coefficient (Wildman–Crippen LogP) is 1.64. The van der Waals surface area contributed by atoms with Crippen LogP contribution < -0.4 is 9.47 Å². The maximum atomic E-state index is 13.0. The van der Waals surface area contributed by atoms with E-state index in [-0.39, 0.29) is 36.1 Å². The fourth-order valence-corrected chi connectivity index (χ4v) is 4.15. The summed E-state index contributed by atoms with van der Waals surface area (Å²) in [5.74, 6) is 0.773. The molecule has 2 heterocycles. The van der Waals surface area contributed by atoms with Crippen LogP contribution in [0, 0.1) is 5.92 Å². The molecule has 0 N–H and O–H groups in total. The van der Waals surface area contributed by atoms with Crippen LogP contribution >= 0.6 is 0 Å². The highest BCUT2D eigenvalue weighted by Crippen LogP contribution is 2.28. The maximum absolute atomic E-state index is 13.0. The van der Waals surface area contributed by atoms with Gasteiger partial charge in [-0.15, -0.1) is 0 Å². The fraction of sp³-hybridized carbons (Fsp3) is 0.591. The summed E-state index contributed by atoms with van der Waals surface area (Å²) in [5, 5.41) is 0. The second-order valence-electron chi connectivity index (χ2n) is 8.08. The summed E-state index contributed by atoms with van der Waals surface area (Å²) in [6.07, 6.45) is 0.987. The van der Waals surface area contributed by atoms with Crippen molar-refractivity contribution in [2.75, 3.05) is 46.9 Å². The lowest BCUT2D eigenvalue weighted by molar-refractivity contribution is -0.135. The second-order valence-corrected chi connectivity index (χ2v) is 8.08. The molecule has 2 saturated heterocycles. The second kappa shape index (κ2) is 9.36. The van der Waals surface area contributed by atoms with E-state index in [0.29, 0.717) is 56.2 Å². The van der Waals surface area contributed by atoms with E-state index in [9.17, 15) is 14.4 Å². The molecule has 0 radical (unpaired) electrons. The molecule has 2 fully saturated rings. The lowest BCUT2D eigenvalue weighted by Crippen LogP contribution is -2.41. The van der Waals surface area contributed by atoms with Crippen LogP contribution in [0.1, 0.15) is 37.0 Å². The van der Waals surface area contributed by atoms with E-state index in [4.69, 9.17) is 9.47 Å². The first-order valence-corrected chi connectivity index (χ1v) is 10.4. The molecule has 30 heavy (non-hydrogen) atoms. The molecule has 1 atom stereocenters. The maximum Gasteiger partial charge on any atom is 0.254 e. The Morgan fingerprint density at radius 1 is 1.00 bits per heavy atom. The van der Waals surface area contributed by atoms with Crippen molar-refractivity contribution in [3.8, 4) is 11.5 Å². The number of hydrogen-bond acceptors (Lipinski definition) is 5. The van der Waals surface area contributed by atoms with E-state index in [1.807, 2.05) is 18.7 Å². The molecule has 0 bridgehead atoms. The predicted molar refractivity (Wildman–Crippen MR) is 112 cm³/mol. The quantitative estimate of drug-likeness (QED) is 0.728. The molecule has 8 heteroatoms. The van der Waals surface area contributed by atoms with Gasteiger partial charge in [0.15, 0.2) is 11.5 Å². The molecule has 164 valence electrons. The highest BCUT2D eigenvalue weighted by molar-refractivity contribution is 5.95. The average Bonchev–Trinajstić information content (AvgIpc) is 2.98. The minimum atomic E-state index is -0.284. The third-order valence-electron chi connectivity index (χ3n) is 5.86. The standard InChI is InChI=1S/C22H31N3O5/c1-15(2)25-14-17(13-20(25)26)22(28)24-9-5-8-23(10-11-24)21(27)16-6-7-18(29-3)19(12-16)30-4/h6-7,12,15,17H,5,8-11,13-14H2,1-4H3. The number of methoxy groups -OCH3 is 2. The Labute approximate surface area is 177 Å². The van der Waals surface area contributed by atoms with Crippen molar-refractivity contribution in [3.63, 3.8) is 0 Å². The summed E-state index contributed by atoms with van der Waals surface area (Å²) in [6, 6.07) is 5.23. The Bertz CT molecular complexity index is 810. The van der Waals surface area contributed by atoms with Crippen molar-refractivity contribution >= 4 is 17.7 Å². The molecule has 8 nitrogen and oxygen atoms in total. The largest absolute Gasteiger partial charge is 0.493 e. The smallest absolute Gasteiger partial charge is 0.254 e. The Hall–Kier alpha value is -2.77. The number of carbonyl (C=O) groups excluding carboxylic acids is 3. The van der Waals surface area contributed by atoms with E-state index < -0.39 is 0 Å². The normalized spacial score (nSPS) is 19.8. The van der Waals surface area contributed by atoms with Gasteiger partial charge in [-0.2, -0.15) is 0 Å². The van der Waals surface area contributed by atoms with Crippen LogP contribution in [-0.4, -0.2) is 85.4 Å². The Kier molecular flexibility index (Phi) is 6.84. The summed E-state index contributed by atoms with van der Waals surface area (Å²) in [5.41, 5.74) is 0.529. The van der Waals surface area contributed by atoms with Crippen molar-refractivity contribution in [2.24, 2.45) is 5.92 Å². The van der Waals surface area contributed by atoms with Gasteiger partial charge in [-0.25, -0.2) is 0 Å². The third-order valence-corrected chi connectivity index (χ3v) is 5.86. The molecule has 3 rings (SSSR count). The van der Waals surface area contributed by atoms with Crippen LogP contribution in [0.5, 0.6) is 11.5 Å². The van der Waals surface area contributed by atoms with Gasteiger partial charge in [0.25, 0.3) is 5.91 Å². The third kappa shape index (κ3) is 4.52. The van der Waals surface area contributed by atoms with Gasteiger partial charge in [0.1, 0.15) is 0 Å². The van der Waals surface area contributed by atoms with Gasteiger partial charge in [-0.3, -0.25) is 14.4 Å².